The van der Waals surface area contributed by atoms with E-state index in [-0.39, 0.29) is 12.5 Å². The first-order chi connectivity index (χ1) is 26.8. The molecule has 0 saturated carbocycles. The molecular formula is C45H88N2O8. The fourth-order valence-electron chi connectivity index (χ4n) is 7.63. The van der Waals surface area contributed by atoms with Crippen molar-refractivity contribution in [2.45, 2.75) is 250 Å². The largest absolute Gasteiger partial charge is 0.417 e. The number of alkyl carbamates (subject to hydrolysis) is 1. The Morgan fingerprint density at radius 3 is 1.16 bits per heavy atom. The van der Waals surface area contributed by atoms with Gasteiger partial charge in [-0.2, -0.15) is 0 Å². The third kappa shape index (κ3) is 27.8. The average molecular weight is 785 g/mol. The number of unbranched alkanes of at least 4 members (excludes halogenated alkanes) is 30. The highest BCUT2D eigenvalue weighted by molar-refractivity contribution is 5.82. The average Bonchev–Trinajstić information content (AvgIpc) is 3.18. The molecule has 1 rings (SSSR count). The predicted molar refractivity (Wildman–Crippen MR) is 224 cm³/mol. The maximum Gasteiger partial charge on any atom is 0.409 e. The van der Waals surface area contributed by atoms with Crippen LogP contribution in [0.1, 0.15) is 219 Å². The Hall–Kier alpha value is -1.46. The van der Waals surface area contributed by atoms with E-state index in [9.17, 15) is 30.0 Å². The molecule has 0 aromatic heterocycles. The first kappa shape index (κ1) is 51.6. The number of hydrogen-bond acceptors (Lipinski definition) is 8. The zero-order valence-corrected chi connectivity index (χ0v) is 35.7. The maximum atomic E-state index is 13.2. The van der Waals surface area contributed by atoms with Crippen LogP contribution in [0.4, 0.5) is 4.79 Å². The van der Waals surface area contributed by atoms with Gasteiger partial charge in [-0.25, -0.2) is 4.79 Å². The summed E-state index contributed by atoms with van der Waals surface area (Å²) >= 11 is 0. The molecule has 2 amide bonds. The molecule has 1 heterocycles. The quantitative estimate of drug-likeness (QED) is 0.0389. The summed E-state index contributed by atoms with van der Waals surface area (Å²) in [6, 6.07) is 0. The summed E-state index contributed by atoms with van der Waals surface area (Å²) in [5.41, 5.74) is 0. The van der Waals surface area contributed by atoms with Crippen molar-refractivity contribution in [3.8, 4) is 0 Å². The molecule has 5 atom stereocenters. The number of nitrogens with one attached hydrogen (secondary N) is 1. The molecule has 55 heavy (non-hydrogen) atoms. The van der Waals surface area contributed by atoms with Crippen molar-refractivity contribution in [2.24, 2.45) is 0 Å². The first-order valence-electron chi connectivity index (χ1n) is 23.4. The van der Waals surface area contributed by atoms with Gasteiger partial charge in [-0.3, -0.25) is 4.79 Å². The van der Waals surface area contributed by atoms with Crippen molar-refractivity contribution in [2.75, 3.05) is 26.2 Å². The first-order valence-corrected chi connectivity index (χ1v) is 23.4. The van der Waals surface area contributed by atoms with Crippen LogP contribution in [0.3, 0.4) is 0 Å². The van der Waals surface area contributed by atoms with Gasteiger partial charge in [-0.1, -0.05) is 206 Å². The van der Waals surface area contributed by atoms with Gasteiger partial charge in [0.05, 0.1) is 6.61 Å². The molecule has 5 N–H and O–H groups in total. The highest BCUT2D eigenvalue weighted by Crippen LogP contribution is 2.22. The van der Waals surface area contributed by atoms with Crippen LogP contribution in [-0.4, -0.2) is 94.3 Å². The monoisotopic (exact) mass is 785 g/mol. The summed E-state index contributed by atoms with van der Waals surface area (Å²) < 4.78 is 10.3. The lowest BCUT2D eigenvalue weighted by Crippen LogP contribution is -2.60. The van der Waals surface area contributed by atoms with Crippen LogP contribution < -0.4 is 5.32 Å². The lowest BCUT2D eigenvalue weighted by atomic mass is 9.99. The van der Waals surface area contributed by atoms with Crippen LogP contribution in [-0.2, 0) is 14.3 Å². The summed E-state index contributed by atoms with van der Waals surface area (Å²) in [7, 11) is 0. The number of rotatable bonds is 38. The van der Waals surface area contributed by atoms with Gasteiger partial charge in [0.25, 0.3) is 0 Å². The lowest BCUT2D eigenvalue weighted by molar-refractivity contribution is -0.284. The summed E-state index contributed by atoms with van der Waals surface area (Å²) in [5, 5.41) is 42.0. The Morgan fingerprint density at radius 1 is 0.509 bits per heavy atom. The fourth-order valence-corrected chi connectivity index (χ4v) is 7.63. The van der Waals surface area contributed by atoms with E-state index in [4.69, 9.17) is 9.47 Å². The number of carbonyl (C=O) groups is 2. The number of aliphatic hydroxyl groups is 4. The lowest BCUT2D eigenvalue weighted by Gasteiger charge is -2.39. The van der Waals surface area contributed by atoms with Gasteiger partial charge >= 0.3 is 6.09 Å². The van der Waals surface area contributed by atoms with E-state index in [1.54, 1.807) is 0 Å². The van der Waals surface area contributed by atoms with Gasteiger partial charge in [0.15, 0.2) is 0 Å². The molecule has 1 saturated heterocycles. The third-order valence-electron chi connectivity index (χ3n) is 11.4. The zero-order valence-electron chi connectivity index (χ0n) is 35.7. The molecule has 10 heteroatoms. The zero-order chi connectivity index (χ0) is 40.2. The van der Waals surface area contributed by atoms with Crippen LogP contribution in [0.15, 0.2) is 0 Å². The second-order valence-corrected chi connectivity index (χ2v) is 16.4. The van der Waals surface area contributed by atoms with Crippen molar-refractivity contribution in [1.29, 1.82) is 0 Å². The number of carbonyl (C=O) groups excluding carboxylic acids is 2. The summed E-state index contributed by atoms with van der Waals surface area (Å²) in [5.74, 6) is -0.187. The number of hydrogen-bond donors (Lipinski definition) is 5. The Morgan fingerprint density at radius 2 is 0.836 bits per heavy atom. The van der Waals surface area contributed by atoms with Crippen molar-refractivity contribution in [1.82, 2.24) is 10.2 Å². The molecule has 0 aliphatic carbocycles. The molecule has 10 nitrogen and oxygen atoms in total. The SMILES string of the molecule is CCCCCCCCCCCCCCCCCCN(CCCCCCCCCCCCCCCCCC)C(=O)CNC(=O)O[C@@H]1O[C@H](CO)[C@H](O)[C@H](O)[C@H]1O. The predicted octanol–water partition coefficient (Wildman–Crippen LogP) is 9.86. The molecular weight excluding hydrogens is 697 g/mol. The smallest absolute Gasteiger partial charge is 0.409 e. The summed E-state index contributed by atoms with van der Waals surface area (Å²) in [4.78, 5) is 27.6. The van der Waals surface area contributed by atoms with E-state index in [1.807, 2.05) is 4.90 Å². The van der Waals surface area contributed by atoms with Crippen LogP contribution in [0, 0.1) is 0 Å². The van der Waals surface area contributed by atoms with Crippen LogP contribution in [0.25, 0.3) is 0 Å². The normalized spacial score (nSPS) is 19.8. The van der Waals surface area contributed by atoms with Gasteiger partial charge < -0.3 is 40.1 Å². The molecule has 0 aromatic rings. The van der Waals surface area contributed by atoms with E-state index >= 15 is 0 Å². The van der Waals surface area contributed by atoms with Gasteiger partial charge in [0.2, 0.25) is 12.2 Å². The highest BCUT2D eigenvalue weighted by Gasteiger charge is 2.45. The van der Waals surface area contributed by atoms with Gasteiger partial charge in [-0.05, 0) is 12.8 Å². The van der Waals surface area contributed by atoms with Crippen LogP contribution in [0.2, 0.25) is 0 Å². The second-order valence-electron chi connectivity index (χ2n) is 16.4. The molecule has 0 aromatic carbocycles. The maximum absolute atomic E-state index is 13.2. The van der Waals surface area contributed by atoms with Crippen molar-refractivity contribution >= 4 is 12.0 Å². The topological polar surface area (TPSA) is 149 Å². The Balaban J connectivity index is 2.32. The molecule has 1 aliphatic heterocycles. The van der Waals surface area contributed by atoms with E-state index in [0.717, 1.165) is 25.7 Å². The van der Waals surface area contributed by atoms with Crippen molar-refractivity contribution < 1.29 is 39.5 Å². The van der Waals surface area contributed by atoms with E-state index in [0.29, 0.717) is 13.1 Å². The molecule has 0 bridgehead atoms. The molecule has 0 unspecified atom stereocenters. The number of amides is 2. The Kier molecular flexibility index (Phi) is 34.5. The summed E-state index contributed by atoms with van der Waals surface area (Å²) in [6.45, 7) is 4.96. The van der Waals surface area contributed by atoms with E-state index in [2.05, 4.69) is 19.2 Å². The van der Waals surface area contributed by atoms with E-state index < -0.39 is 43.4 Å². The minimum Gasteiger partial charge on any atom is -0.417 e. The molecule has 0 radical (unpaired) electrons. The van der Waals surface area contributed by atoms with Gasteiger partial charge in [-0.15, -0.1) is 0 Å². The van der Waals surface area contributed by atoms with Gasteiger partial charge in [0, 0.05) is 13.1 Å². The van der Waals surface area contributed by atoms with Crippen LogP contribution in [0.5, 0.6) is 0 Å². The Labute approximate surface area is 337 Å². The Bertz CT molecular complexity index is 842. The standard InChI is InChI=1S/C45H88N2O8/c1-3-5-7-9-11-13-15-17-19-21-23-25-27-29-31-33-35-47(36-34-32-30-28-26-24-22-20-18-16-14-12-10-8-6-4-2)40(49)37-46-45(53)55-44-43(52)42(51)41(50)39(38-48)54-44/h39,41-44,48,50-52H,3-38H2,1-2H3,(H,46,53)/t39-,41+,42+,43-,44+/m1/s1. The van der Waals surface area contributed by atoms with E-state index in [1.165, 1.54) is 180 Å². The minimum atomic E-state index is -1.69. The van der Waals surface area contributed by atoms with Crippen LogP contribution >= 0.6 is 0 Å². The highest BCUT2D eigenvalue weighted by atomic mass is 16.7. The molecule has 0 spiro atoms. The number of aliphatic hydroxyl groups excluding tert-OH is 4. The van der Waals surface area contributed by atoms with Crippen molar-refractivity contribution in [3.05, 3.63) is 0 Å². The second kappa shape index (κ2) is 36.9. The third-order valence-corrected chi connectivity index (χ3v) is 11.4. The van der Waals surface area contributed by atoms with Gasteiger partial charge in [0.1, 0.15) is 31.0 Å². The molecule has 1 aliphatic rings. The fraction of sp³-hybridized carbons (Fsp3) is 0.956. The molecule has 326 valence electrons. The van der Waals surface area contributed by atoms with Crippen molar-refractivity contribution in [3.63, 3.8) is 0 Å². The summed E-state index contributed by atoms with van der Waals surface area (Å²) in [6.07, 6.45) is 32.8. The molecule has 1 fully saturated rings. The number of ether oxygens (including phenoxy) is 2. The number of nitrogens with zero attached hydrogens (tertiary/aromatic N) is 1. The minimum absolute atomic E-state index is 0.187.